The van der Waals surface area contributed by atoms with Crippen LogP contribution in [0, 0.1) is 19.8 Å². The summed E-state index contributed by atoms with van der Waals surface area (Å²) in [5, 5.41) is 4.89. The molecule has 0 saturated carbocycles. The van der Waals surface area contributed by atoms with E-state index in [2.05, 4.69) is 5.32 Å². The minimum atomic E-state index is -3.65. The lowest BCUT2D eigenvalue weighted by molar-refractivity contribution is -0.120. The smallest absolute Gasteiger partial charge is 0.243 e. The van der Waals surface area contributed by atoms with Crippen LogP contribution < -0.4 is 5.32 Å². The van der Waals surface area contributed by atoms with E-state index >= 15 is 0 Å². The molecule has 1 fully saturated rings. The first-order chi connectivity index (χ1) is 14.3. The fourth-order valence-electron chi connectivity index (χ4n) is 3.96. The van der Waals surface area contributed by atoms with Gasteiger partial charge in [0, 0.05) is 18.8 Å². The molecule has 156 valence electrons. The lowest BCUT2D eigenvalue weighted by atomic mass is 9.98. The van der Waals surface area contributed by atoms with Gasteiger partial charge in [0.2, 0.25) is 15.9 Å². The van der Waals surface area contributed by atoms with Crippen LogP contribution in [0.1, 0.15) is 24.0 Å². The zero-order valence-corrected chi connectivity index (χ0v) is 18.1. The molecular formula is C24H26N2O3S. The van der Waals surface area contributed by atoms with Crippen molar-refractivity contribution in [1.82, 2.24) is 4.31 Å². The Kier molecular flexibility index (Phi) is 5.62. The van der Waals surface area contributed by atoms with E-state index in [1.54, 1.807) is 12.1 Å². The summed E-state index contributed by atoms with van der Waals surface area (Å²) in [6.07, 6.45) is 1.35. The van der Waals surface area contributed by atoms with E-state index in [-0.39, 0.29) is 23.3 Å². The number of carbonyl (C=O) groups excluding carboxylic acids is 1. The van der Waals surface area contributed by atoms with Gasteiger partial charge in [-0.05, 0) is 66.8 Å². The number of hydrogen-bond acceptors (Lipinski definition) is 3. The first kappa shape index (κ1) is 20.6. The topological polar surface area (TPSA) is 66.5 Å². The van der Waals surface area contributed by atoms with E-state index in [1.807, 2.05) is 62.4 Å². The number of sulfonamides is 1. The zero-order valence-electron chi connectivity index (χ0n) is 17.3. The Balaban J connectivity index is 1.53. The lowest BCUT2D eigenvalue weighted by Crippen LogP contribution is -2.43. The van der Waals surface area contributed by atoms with Gasteiger partial charge in [0.15, 0.2) is 0 Å². The number of benzene rings is 3. The molecule has 0 aromatic heterocycles. The summed E-state index contributed by atoms with van der Waals surface area (Å²) < 4.78 is 28.0. The number of amides is 1. The van der Waals surface area contributed by atoms with E-state index in [0.717, 1.165) is 27.6 Å². The predicted molar refractivity (Wildman–Crippen MR) is 120 cm³/mol. The highest BCUT2D eigenvalue weighted by molar-refractivity contribution is 7.89. The summed E-state index contributed by atoms with van der Waals surface area (Å²) >= 11 is 0. The van der Waals surface area contributed by atoms with Gasteiger partial charge in [-0.1, -0.05) is 42.5 Å². The quantitative estimate of drug-likeness (QED) is 0.673. The van der Waals surface area contributed by atoms with Crippen molar-refractivity contribution in [3.63, 3.8) is 0 Å². The van der Waals surface area contributed by atoms with E-state index in [0.29, 0.717) is 19.4 Å². The third-order valence-corrected chi connectivity index (χ3v) is 7.63. The Hall–Kier alpha value is -2.70. The number of anilines is 1. The highest BCUT2D eigenvalue weighted by atomic mass is 32.2. The van der Waals surface area contributed by atoms with Crippen LogP contribution in [0.15, 0.2) is 65.6 Å². The van der Waals surface area contributed by atoms with Crippen LogP contribution in [-0.4, -0.2) is 31.7 Å². The van der Waals surface area contributed by atoms with Crippen LogP contribution in [0.2, 0.25) is 0 Å². The number of hydrogen-bond donors (Lipinski definition) is 1. The summed E-state index contributed by atoms with van der Waals surface area (Å²) in [5.74, 6) is -0.490. The molecule has 0 aliphatic carbocycles. The largest absolute Gasteiger partial charge is 0.326 e. The Labute approximate surface area is 177 Å². The highest BCUT2D eigenvalue weighted by Gasteiger charge is 2.33. The molecule has 5 nitrogen and oxygen atoms in total. The first-order valence-corrected chi connectivity index (χ1v) is 11.7. The van der Waals surface area contributed by atoms with E-state index in [1.165, 1.54) is 4.31 Å². The Morgan fingerprint density at radius 1 is 1.00 bits per heavy atom. The summed E-state index contributed by atoms with van der Waals surface area (Å²) in [5.41, 5.74) is 2.85. The summed E-state index contributed by atoms with van der Waals surface area (Å²) in [4.78, 5) is 13.2. The van der Waals surface area contributed by atoms with Crippen molar-refractivity contribution < 1.29 is 13.2 Å². The van der Waals surface area contributed by atoms with Crippen LogP contribution in [0.25, 0.3) is 10.8 Å². The maximum atomic E-state index is 13.3. The summed E-state index contributed by atoms with van der Waals surface area (Å²) in [6.45, 7) is 4.56. The first-order valence-electron chi connectivity index (χ1n) is 10.2. The van der Waals surface area contributed by atoms with Gasteiger partial charge >= 0.3 is 0 Å². The third-order valence-electron chi connectivity index (χ3n) is 5.76. The van der Waals surface area contributed by atoms with Crippen LogP contribution in [0.4, 0.5) is 5.69 Å². The maximum Gasteiger partial charge on any atom is 0.243 e. The van der Waals surface area contributed by atoms with E-state index < -0.39 is 10.0 Å². The molecular weight excluding hydrogens is 396 g/mol. The van der Waals surface area contributed by atoms with Crippen LogP contribution in [0.5, 0.6) is 0 Å². The molecule has 1 unspecified atom stereocenters. The second kappa shape index (κ2) is 8.20. The van der Waals surface area contributed by atoms with Crippen molar-refractivity contribution in [3.05, 3.63) is 71.8 Å². The van der Waals surface area contributed by atoms with Gasteiger partial charge in [0.1, 0.15) is 0 Å². The molecule has 1 aliphatic rings. The molecule has 0 radical (unpaired) electrons. The fraction of sp³-hybridized carbons (Fsp3) is 0.292. The van der Waals surface area contributed by atoms with Gasteiger partial charge in [-0.15, -0.1) is 0 Å². The number of carbonyl (C=O) groups is 1. The van der Waals surface area contributed by atoms with Gasteiger partial charge in [-0.2, -0.15) is 4.31 Å². The van der Waals surface area contributed by atoms with Gasteiger partial charge < -0.3 is 5.32 Å². The zero-order chi connectivity index (χ0) is 21.3. The average Bonchev–Trinajstić information content (AvgIpc) is 2.76. The van der Waals surface area contributed by atoms with Crippen molar-refractivity contribution >= 4 is 32.4 Å². The number of fused-ring (bicyclic) bond motifs is 1. The van der Waals surface area contributed by atoms with Crippen LogP contribution >= 0.6 is 0 Å². The lowest BCUT2D eigenvalue weighted by Gasteiger charge is -2.31. The van der Waals surface area contributed by atoms with Crippen molar-refractivity contribution in [1.29, 1.82) is 0 Å². The number of rotatable bonds is 4. The molecule has 6 heteroatoms. The molecule has 1 N–H and O–H groups in total. The molecule has 1 aliphatic heterocycles. The standard InChI is InChI=1S/C24H26N2O3S/c1-17-9-10-18(2)23(14-17)25-24(27)21-8-5-13-26(16-21)30(28,29)22-12-11-19-6-3-4-7-20(19)15-22/h3-4,6-7,9-12,14-15,21H,5,8,13,16H2,1-2H3,(H,25,27). The molecule has 3 aromatic carbocycles. The molecule has 1 amide bonds. The number of nitrogens with zero attached hydrogens (tertiary/aromatic N) is 1. The minimum absolute atomic E-state index is 0.123. The SMILES string of the molecule is Cc1ccc(C)c(NC(=O)C2CCCN(S(=O)(=O)c3ccc4ccccc4c3)C2)c1. The molecule has 1 heterocycles. The second-order valence-electron chi connectivity index (χ2n) is 8.02. The Bertz CT molecular complexity index is 1200. The highest BCUT2D eigenvalue weighted by Crippen LogP contribution is 2.27. The Morgan fingerprint density at radius 3 is 2.57 bits per heavy atom. The number of piperidine rings is 1. The maximum absolute atomic E-state index is 13.3. The molecule has 1 saturated heterocycles. The van der Waals surface area contributed by atoms with E-state index in [9.17, 15) is 13.2 Å². The molecule has 3 aromatic rings. The molecule has 0 spiro atoms. The minimum Gasteiger partial charge on any atom is -0.326 e. The average molecular weight is 423 g/mol. The van der Waals surface area contributed by atoms with Crippen molar-refractivity contribution in [2.45, 2.75) is 31.6 Å². The molecule has 0 bridgehead atoms. The van der Waals surface area contributed by atoms with Gasteiger partial charge in [0.05, 0.1) is 10.8 Å². The summed E-state index contributed by atoms with van der Waals surface area (Å²) in [6, 6.07) is 18.8. The fourth-order valence-corrected chi connectivity index (χ4v) is 5.52. The normalized spacial score (nSPS) is 17.7. The van der Waals surface area contributed by atoms with E-state index in [4.69, 9.17) is 0 Å². The predicted octanol–water partition coefficient (Wildman–Crippen LogP) is 4.50. The monoisotopic (exact) mass is 422 g/mol. The van der Waals surface area contributed by atoms with Crippen molar-refractivity contribution in [2.75, 3.05) is 18.4 Å². The summed E-state index contributed by atoms with van der Waals surface area (Å²) in [7, 11) is -3.65. The van der Waals surface area contributed by atoms with Gasteiger partial charge in [-0.3, -0.25) is 4.79 Å². The van der Waals surface area contributed by atoms with Crippen LogP contribution in [-0.2, 0) is 14.8 Å². The Morgan fingerprint density at radius 2 is 1.77 bits per heavy atom. The number of nitrogens with one attached hydrogen (secondary N) is 1. The molecule has 4 rings (SSSR count). The van der Waals surface area contributed by atoms with Crippen molar-refractivity contribution in [2.24, 2.45) is 5.92 Å². The third kappa shape index (κ3) is 4.11. The molecule has 30 heavy (non-hydrogen) atoms. The van der Waals surface area contributed by atoms with Crippen molar-refractivity contribution in [3.8, 4) is 0 Å². The molecule has 1 atom stereocenters. The van der Waals surface area contributed by atoms with Crippen LogP contribution in [0.3, 0.4) is 0 Å². The number of aryl methyl sites for hydroxylation is 2. The second-order valence-corrected chi connectivity index (χ2v) is 9.96. The van der Waals surface area contributed by atoms with Gasteiger partial charge in [-0.25, -0.2) is 8.42 Å². The van der Waals surface area contributed by atoms with Gasteiger partial charge in [0.25, 0.3) is 0 Å².